The van der Waals surface area contributed by atoms with Crippen molar-refractivity contribution in [2.45, 2.75) is 38.3 Å². The Bertz CT molecular complexity index is 334. The van der Waals surface area contributed by atoms with Gasteiger partial charge in [-0.25, -0.2) is 4.39 Å². The molecular formula is C12H15ClFN. The summed E-state index contributed by atoms with van der Waals surface area (Å²) in [6.45, 7) is 0.580. The minimum absolute atomic E-state index is 0.176. The first-order chi connectivity index (χ1) is 7.25. The van der Waals surface area contributed by atoms with Crippen molar-refractivity contribution in [3.8, 4) is 0 Å². The lowest BCUT2D eigenvalue weighted by atomic mass is 10.2. The summed E-state index contributed by atoms with van der Waals surface area (Å²) in [5.41, 5.74) is 0.661. The van der Waals surface area contributed by atoms with E-state index in [1.165, 1.54) is 31.7 Å². The van der Waals surface area contributed by atoms with Gasteiger partial charge in [0.1, 0.15) is 5.82 Å². The van der Waals surface area contributed by atoms with Crippen LogP contribution in [0.25, 0.3) is 0 Å². The van der Waals surface area contributed by atoms with Crippen LogP contribution in [0.15, 0.2) is 18.2 Å². The Kier molecular flexibility index (Phi) is 3.60. The Morgan fingerprint density at radius 2 is 2.07 bits per heavy atom. The van der Waals surface area contributed by atoms with Gasteiger partial charge in [0.05, 0.1) is 0 Å². The van der Waals surface area contributed by atoms with Gasteiger partial charge in [0.25, 0.3) is 0 Å². The van der Waals surface area contributed by atoms with Gasteiger partial charge >= 0.3 is 0 Å². The maximum Gasteiger partial charge on any atom is 0.127 e. The number of benzene rings is 1. The lowest BCUT2D eigenvalue weighted by molar-refractivity contribution is 0.509. The number of hydrogen-bond donors (Lipinski definition) is 1. The highest BCUT2D eigenvalue weighted by Gasteiger charge is 2.14. The lowest BCUT2D eigenvalue weighted by Gasteiger charge is -2.12. The van der Waals surface area contributed by atoms with Crippen molar-refractivity contribution in [2.75, 3.05) is 0 Å². The minimum atomic E-state index is -0.176. The van der Waals surface area contributed by atoms with Crippen LogP contribution in [-0.2, 0) is 6.54 Å². The molecule has 0 amide bonds. The second-order valence-corrected chi connectivity index (χ2v) is 4.53. The Balaban J connectivity index is 1.94. The van der Waals surface area contributed by atoms with Crippen LogP contribution in [0.1, 0.15) is 31.2 Å². The van der Waals surface area contributed by atoms with E-state index in [-0.39, 0.29) is 5.82 Å². The number of nitrogens with one attached hydrogen (secondary N) is 1. The van der Waals surface area contributed by atoms with Crippen molar-refractivity contribution in [1.29, 1.82) is 0 Å². The maximum absolute atomic E-state index is 13.3. The summed E-state index contributed by atoms with van der Waals surface area (Å²) in [4.78, 5) is 0. The van der Waals surface area contributed by atoms with Crippen LogP contribution in [0.5, 0.6) is 0 Å². The fourth-order valence-corrected chi connectivity index (χ4v) is 2.26. The molecule has 0 heterocycles. The highest BCUT2D eigenvalue weighted by atomic mass is 35.5. The molecule has 0 atom stereocenters. The van der Waals surface area contributed by atoms with Crippen LogP contribution in [-0.4, -0.2) is 6.04 Å². The standard InChI is InChI=1S/C12H15ClFN/c13-10-5-6-12(14)9(7-10)8-15-11-3-1-2-4-11/h5-7,11,15H,1-4,8H2. The molecule has 1 nitrogen and oxygen atoms in total. The summed E-state index contributed by atoms with van der Waals surface area (Å²) in [5, 5.41) is 3.96. The quantitative estimate of drug-likeness (QED) is 0.833. The van der Waals surface area contributed by atoms with Crippen LogP contribution >= 0.6 is 11.6 Å². The predicted molar refractivity (Wildman–Crippen MR) is 60.5 cm³/mol. The summed E-state index contributed by atoms with van der Waals surface area (Å²) in [6.07, 6.45) is 5.00. The van der Waals surface area contributed by atoms with Crippen LogP contribution in [0, 0.1) is 5.82 Å². The Labute approximate surface area is 94.6 Å². The van der Waals surface area contributed by atoms with Crippen LogP contribution < -0.4 is 5.32 Å². The first-order valence-electron chi connectivity index (χ1n) is 5.43. The number of hydrogen-bond acceptors (Lipinski definition) is 1. The Hall–Kier alpha value is -0.600. The second-order valence-electron chi connectivity index (χ2n) is 4.10. The number of halogens is 2. The van der Waals surface area contributed by atoms with Gasteiger partial charge in [0.15, 0.2) is 0 Å². The topological polar surface area (TPSA) is 12.0 Å². The van der Waals surface area contributed by atoms with E-state index in [1.807, 2.05) is 0 Å². The molecule has 15 heavy (non-hydrogen) atoms. The predicted octanol–water partition coefficient (Wildman–Crippen LogP) is 3.51. The number of rotatable bonds is 3. The third-order valence-corrected chi connectivity index (χ3v) is 3.18. The van der Waals surface area contributed by atoms with Crippen molar-refractivity contribution in [1.82, 2.24) is 5.32 Å². The normalized spacial score (nSPS) is 17.2. The molecule has 0 spiro atoms. The van der Waals surface area contributed by atoms with Gasteiger partial charge in [0, 0.05) is 23.2 Å². The van der Waals surface area contributed by atoms with E-state index in [1.54, 1.807) is 12.1 Å². The van der Waals surface area contributed by atoms with Crippen molar-refractivity contribution in [2.24, 2.45) is 0 Å². The van der Waals surface area contributed by atoms with E-state index in [4.69, 9.17) is 11.6 Å². The third kappa shape index (κ3) is 2.93. The minimum Gasteiger partial charge on any atom is -0.310 e. The van der Waals surface area contributed by atoms with E-state index in [0.717, 1.165) is 0 Å². The van der Waals surface area contributed by atoms with E-state index in [2.05, 4.69) is 5.32 Å². The molecule has 2 rings (SSSR count). The van der Waals surface area contributed by atoms with Crippen molar-refractivity contribution >= 4 is 11.6 Å². The van der Waals surface area contributed by atoms with E-state index in [9.17, 15) is 4.39 Å². The highest BCUT2D eigenvalue weighted by molar-refractivity contribution is 6.30. The Morgan fingerprint density at radius 3 is 2.80 bits per heavy atom. The summed E-state index contributed by atoms with van der Waals surface area (Å²) in [7, 11) is 0. The third-order valence-electron chi connectivity index (χ3n) is 2.94. The van der Waals surface area contributed by atoms with Gasteiger partial charge in [-0.15, -0.1) is 0 Å². The zero-order valence-electron chi connectivity index (χ0n) is 8.60. The molecule has 0 aliphatic heterocycles. The lowest BCUT2D eigenvalue weighted by Crippen LogP contribution is -2.25. The molecule has 0 aromatic heterocycles. The molecule has 1 N–H and O–H groups in total. The van der Waals surface area contributed by atoms with Crippen LogP contribution in [0.4, 0.5) is 4.39 Å². The highest BCUT2D eigenvalue weighted by Crippen LogP contribution is 2.19. The van der Waals surface area contributed by atoms with Gasteiger partial charge in [-0.05, 0) is 31.0 Å². The summed E-state index contributed by atoms with van der Waals surface area (Å²) in [5.74, 6) is -0.176. The zero-order valence-corrected chi connectivity index (χ0v) is 9.36. The molecule has 0 saturated heterocycles. The SMILES string of the molecule is Fc1ccc(Cl)cc1CNC1CCCC1. The summed E-state index contributed by atoms with van der Waals surface area (Å²) < 4.78 is 13.3. The first-order valence-corrected chi connectivity index (χ1v) is 5.81. The average Bonchev–Trinajstić information content (AvgIpc) is 2.72. The van der Waals surface area contributed by atoms with Crippen LogP contribution in [0.3, 0.4) is 0 Å². The monoisotopic (exact) mass is 227 g/mol. The summed E-state index contributed by atoms with van der Waals surface area (Å²) >= 11 is 5.82. The van der Waals surface area contributed by atoms with E-state index >= 15 is 0 Å². The second kappa shape index (κ2) is 4.95. The molecule has 82 valence electrons. The van der Waals surface area contributed by atoms with Gasteiger partial charge in [-0.1, -0.05) is 24.4 Å². The largest absolute Gasteiger partial charge is 0.310 e. The Morgan fingerprint density at radius 1 is 1.33 bits per heavy atom. The molecular weight excluding hydrogens is 213 g/mol. The first kappa shape index (κ1) is 10.9. The van der Waals surface area contributed by atoms with Gasteiger partial charge in [0.2, 0.25) is 0 Å². The molecule has 0 unspecified atom stereocenters. The molecule has 1 aliphatic rings. The molecule has 0 radical (unpaired) electrons. The average molecular weight is 228 g/mol. The molecule has 1 aliphatic carbocycles. The van der Waals surface area contributed by atoms with Crippen molar-refractivity contribution < 1.29 is 4.39 Å². The molecule has 1 saturated carbocycles. The molecule has 1 fully saturated rings. The van der Waals surface area contributed by atoms with Crippen molar-refractivity contribution in [3.63, 3.8) is 0 Å². The molecule has 1 aromatic carbocycles. The van der Waals surface area contributed by atoms with Crippen molar-refractivity contribution in [3.05, 3.63) is 34.6 Å². The summed E-state index contributed by atoms with van der Waals surface area (Å²) in [6, 6.07) is 5.26. The fourth-order valence-electron chi connectivity index (χ4n) is 2.06. The maximum atomic E-state index is 13.3. The molecule has 3 heteroatoms. The molecule has 1 aromatic rings. The van der Waals surface area contributed by atoms with E-state index < -0.39 is 0 Å². The van der Waals surface area contributed by atoms with Gasteiger partial charge < -0.3 is 5.32 Å². The molecule has 0 bridgehead atoms. The fraction of sp³-hybridized carbons (Fsp3) is 0.500. The van der Waals surface area contributed by atoms with Gasteiger partial charge in [-0.2, -0.15) is 0 Å². The zero-order chi connectivity index (χ0) is 10.7. The smallest absolute Gasteiger partial charge is 0.127 e. The van der Waals surface area contributed by atoms with E-state index in [0.29, 0.717) is 23.2 Å². The van der Waals surface area contributed by atoms with Gasteiger partial charge in [-0.3, -0.25) is 0 Å². The van der Waals surface area contributed by atoms with Crippen LogP contribution in [0.2, 0.25) is 5.02 Å².